The molecule has 1 unspecified atom stereocenters. The smallest absolute Gasteiger partial charge is 0.251 e. The Morgan fingerprint density at radius 2 is 2.04 bits per heavy atom. The topological polar surface area (TPSA) is 87.5 Å². The highest BCUT2D eigenvalue weighted by Gasteiger charge is 2.36. The first kappa shape index (κ1) is 17.7. The lowest BCUT2D eigenvalue weighted by molar-refractivity contribution is -0.117. The van der Waals surface area contributed by atoms with Gasteiger partial charge in [0.15, 0.2) is 0 Å². The number of aromatic nitrogens is 2. The SMILES string of the molecule is Cn1cc(C(NC(=O)c2ccc(N3CCCC3=O)cc2)C2CC(O)C2)cn1. The molecule has 27 heavy (non-hydrogen) atoms. The van der Waals surface area contributed by atoms with Crippen LogP contribution < -0.4 is 10.2 Å². The molecule has 2 aliphatic rings. The van der Waals surface area contributed by atoms with Crippen molar-refractivity contribution in [2.24, 2.45) is 13.0 Å². The summed E-state index contributed by atoms with van der Waals surface area (Å²) in [6.45, 7) is 0.734. The Labute approximate surface area is 158 Å². The lowest BCUT2D eigenvalue weighted by Crippen LogP contribution is -2.41. The monoisotopic (exact) mass is 368 g/mol. The summed E-state index contributed by atoms with van der Waals surface area (Å²) in [7, 11) is 1.84. The fraction of sp³-hybridized carbons (Fsp3) is 0.450. The first-order valence-corrected chi connectivity index (χ1v) is 9.39. The van der Waals surface area contributed by atoms with Gasteiger partial charge >= 0.3 is 0 Å². The highest BCUT2D eigenvalue weighted by atomic mass is 16.3. The number of amides is 2. The van der Waals surface area contributed by atoms with Gasteiger partial charge in [-0.05, 0) is 49.4 Å². The molecule has 0 radical (unpaired) electrons. The molecule has 1 aliphatic carbocycles. The Morgan fingerprint density at radius 3 is 2.59 bits per heavy atom. The van der Waals surface area contributed by atoms with Crippen molar-refractivity contribution >= 4 is 17.5 Å². The average molecular weight is 368 g/mol. The molecule has 1 atom stereocenters. The van der Waals surface area contributed by atoms with Crippen LogP contribution in [0.5, 0.6) is 0 Å². The first-order chi connectivity index (χ1) is 13.0. The number of aliphatic hydroxyl groups excluding tert-OH is 1. The maximum Gasteiger partial charge on any atom is 0.251 e. The van der Waals surface area contributed by atoms with E-state index < -0.39 is 0 Å². The Bertz CT molecular complexity index is 839. The number of carbonyl (C=O) groups excluding carboxylic acids is 2. The Balaban J connectivity index is 1.48. The fourth-order valence-corrected chi connectivity index (χ4v) is 3.91. The second-order valence-electron chi connectivity index (χ2n) is 7.48. The van der Waals surface area contributed by atoms with Gasteiger partial charge in [0.1, 0.15) is 0 Å². The second-order valence-corrected chi connectivity index (χ2v) is 7.48. The average Bonchev–Trinajstić information content (AvgIpc) is 3.25. The molecule has 142 valence electrons. The van der Waals surface area contributed by atoms with Crippen LogP contribution in [-0.4, -0.2) is 39.4 Å². The summed E-state index contributed by atoms with van der Waals surface area (Å²) in [6.07, 6.45) is 6.19. The third-order valence-electron chi connectivity index (χ3n) is 5.51. The zero-order chi connectivity index (χ0) is 19.0. The summed E-state index contributed by atoms with van der Waals surface area (Å²) in [4.78, 5) is 26.4. The van der Waals surface area contributed by atoms with Crippen LogP contribution >= 0.6 is 0 Å². The molecule has 7 heteroatoms. The Kier molecular flexibility index (Phi) is 4.70. The molecule has 2 N–H and O–H groups in total. The zero-order valence-electron chi connectivity index (χ0n) is 15.3. The summed E-state index contributed by atoms with van der Waals surface area (Å²) in [6, 6.07) is 6.99. The number of nitrogens with zero attached hydrogens (tertiary/aromatic N) is 3. The predicted octanol–water partition coefficient (Wildman–Crippen LogP) is 1.79. The van der Waals surface area contributed by atoms with Gasteiger partial charge in [-0.1, -0.05) is 0 Å². The number of aliphatic hydroxyl groups is 1. The molecule has 2 heterocycles. The molecular formula is C20H24N4O3. The minimum Gasteiger partial charge on any atom is -0.393 e. The molecule has 1 saturated heterocycles. The molecule has 2 aromatic rings. The number of rotatable bonds is 5. The first-order valence-electron chi connectivity index (χ1n) is 9.39. The van der Waals surface area contributed by atoms with Crippen LogP contribution in [0.3, 0.4) is 0 Å². The van der Waals surface area contributed by atoms with E-state index in [0.717, 1.165) is 24.2 Å². The number of hydrogen-bond donors (Lipinski definition) is 2. The van der Waals surface area contributed by atoms with Crippen molar-refractivity contribution in [1.29, 1.82) is 0 Å². The number of hydrogen-bond acceptors (Lipinski definition) is 4. The van der Waals surface area contributed by atoms with Gasteiger partial charge < -0.3 is 15.3 Å². The van der Waals surface area contributed by atoms with Crippen LogP contribution in [-0.2, 0) is 11.8 Å². The molecule has 0 bridgehead atoms. The third-order valence-corrected chi connectivity index (χ3v) is 5.51. The van der Waals surface area contributed by atoms with Crippen LogP contribution in [0, 0.1) is 5.92 Å². The van der Waals surface area contributed by atoms with E-state index >= 15 is 0 Å². The quantitative estimate of drug-likeness (QED) is 0.842. The van der Waals surface area contributed by atoms with E-state index in [2.05, 4.69) is 10.4 Å². The second kappa shape index (κ2) is 7.15. The van der Waals surface area contributed by atoms with Gasteiger partial charge in [0, 0.05) is 43.0 Å². The van der Waals surface area contributed by atoms with Crippen molar-refractivity contribution in [3.05, 3.63) is 47.8 Å². The van der Waals surface area contributed by atoms with E-state index in [0.29, 0.717) is 24.8 Å². The van der Waals surface area contributed by atoms with Gasteiger partial charge in [0.25, 0.3) is 5.91 Å². The van der Waals surface area contributed by atoms with Crippen molar-refractivity contribution in [2.45, 2.75) is 37.8 Å². The molecule has 1 aliphatic heterocycles. The number of anilines is 1. The summed E-state index contributed by atoms with van der Waals surface area (Å²) in [5.41, 5.74) is 2.33. The highest BCUT2D eigenvalue weighted by molar-refractivity contribution is 5.97. The van der Waals surface area contributed by atoms with Crippen molar-refractivity contribution < 1.29 is 14.7 Å². The lowest BCUT2D eigenvalue weighted by Gasteiger charge is -2.37. The molecule has 2 fully saturated rings. The van der Waals surface area contributed by atoms with E-state index in [1.807, 2.05) is 25.4 Å². The zero-order valence-corrected chi connectivity index (χ0v) is 15.3. The molecule has 7 nitrogen and oxygen atoms in total. The van der Waals surface area contributed by atoms with Gasteiger partial charge in [-0.25, -0.2) is 0 Å². The van der Waals surface area contributed by atoms with Gasteiger partial charge in [-0.15, -0.1) is 0 Å². The van der Waals surface area contributed by atoms with E-state index in [-0.39, 0.29) is 29.9 Å². The summed E-state index contributed by atoms with van der Waals surface area (Å²) in [5, 5.41) is 17.0. The number of nitrogens with one attached hydrogen (secondary N) is 1. The molecule has 0 spiro atoms. The van der Waals surface area contributed by atoms with Gasteiger partial charge in [-0.2, -0.15) is 5.10 Å². The minimum atomic E-state index is -0.289. The molecule has 1 aromatic carbocycles. The van der Waals surface area contributed by atoms with Crippen molar-refractivity contribution in [3.8, 4) is 0 Å². The number of aryl methyl sites for hydroxylation is 1. The maximum absolute atomic E-state index is 12.8. The van der Waals surface area contributed by atoms with Crippen molar-refractivity contribution in [3.63, 3.8) is 0 Å². The van der Waals surface area contributed by atoms with E-state index in [1.165, 1.54) is 0 Å². The highest BCUT2D eigenvalue weighted by Crippen LogP contribution is 2.38. The molecule has 4 rings (SSSR count). The van der Waals surface area contributed by atoms with E-state index in [1.54, 1.807) is 27.9 Å². The number of benzene rings is 1. The van der Waals surface area contributed by atoms with E-state index in [9.17, 15) is 14.7 Å². The van der Waals surface area contributed by atoms with Gasteiger partial charge in [0.05, 0.1) is 18.3 Å². The summed E-state index contributed by atoms with van der Waals surface area (Å²) >= 11 is 0. The fourth-order valence-electron chi connectivity index (χ4n) is 3.91. The molecular weight excluding hydrogens is 344 g/mol. The summed E-state index contributed by atoms with van der Waals surface area (Å²) < 4.78 is 1.71. The van der Waals surface area contributed by atoms with E-state index in [4.69, 9.17) is 0 Å². The lowest BCUT2D eigenvalue weighted by atomic mass is 9.75. The van der Waals surface area contributed by atoms with Crippen molar-refractivity contribution in [1.82, 2.24) is 15.1 Å². The van der Waals surface area contributed by atoms with Crippen LogP contribution in [0.1, 0.15) is 47.6 Å². The minimum absolute atomic E-state index is 0.132. The molecule has 2 amide bonds. The molecule has 1 aromatic heterocycles. The van der Waals surface area contributed by atoms with Gasteiger partial charge in [0.2, 0.25) is 5.91 Å². The van der Waals surface area contributed by atoms with Crippen LogP contribution in [0.4, 0.5) is 5.69 Å². The van der Waals surface area contributed by atoms with Gasteiger partial charge in [-0.3, -0.25) is 14.3 Å². The summed E-state index contributed by atoms with van der Waals surface area (Å²) in [5.74, 6) is 0.173. The normalized spacial score (nSPS) is 23.2. The maximum atomic E-state index is 12.8. The standard InChI is InChI=1S/C20H24N4O3/c1-23-12-15(11-21-23)19(14-9-17(25)10-14)22-20(27)13-4-6-16(7-5-13)24-8-2-3-18(24)26/h4-7,11-12,14,17,19,25H,2-3,8-10H2,1H3,(H,22,27). The van der Waals surface area contributed by atoms with Crippen LogP contribution in [0.15, 0.2) is 36.7 Å². The largest absolute Gasteiger partial charge is 0.393 e. The Hall–Kier alpha value is -2.67. The molecule has 1 saturated carbocycles. The number of carbonyl (C=O) groups is 2. The Morgan fingerprint density at radius 1 is 1.30 bits per heavy atom. The predicted molar refractivity (Wildman–Crippen MR) is 100 cm³/mol. The van der Waals surface area contributed by atoms with Crippen LogP contribution in [0.25, 0.3) is 0 Å². The van der Waals surface area contributed by atoms with Crippen LogP contribution in [0.2, 0.25) is 0 Å². The third kappa shape index (κ3) is 3.60. The van der Waals surface area contributed by atoms with Crippen molar-refractivity contribution in [2.75, 3.05) is 11.4 Å².